The number of hydrogen-bond acceptors (Lipinski definition) is 4. The first kappa shape index (κ1) is 15.2. The lowest BCUT2D eigenvalue weighted by Crippen LogP contribution is -2.35. The number of rotatable bonds is 7. The Morgan fingerprint density at radius 1 is 1.60 bits per heavy atom. The zero-order valence-electron chi connectivity index (χ0n) is 11.4. The number of nitrogens with zero attached hydrogens (tertiary/aromatic N) is 1. The summed E-state index contributed by atoms with van der Waals surface area (Å²) in [5.74, 6) is 0.396. The highest BCUT2D eigenvalue weighted by molar-refractivity contribution is 6.29. The van der Waals surface area contributed by atoms with Crippen molar-refractivity contribution in [1.82, 2.24) is 10.3 Å². The van der Waals surface area contributed by atoms with Crippen molar-refractivity contribution in [2.75, 3.05) is 19.8 Å². The monoisotopic (exact) mass is 298 g/mol. The van der Waals surface area contributed by atoms with Crippen molar-refractivity contribution in [2.24, 2.45) is 5.92 Å². The highest BCUT2D eigenvalue weighted by Gasteiger charge is 2.21. The zero-order chi connectivity index (χ0) is 14.5. The molecule has 1 aliphatic rings. The zero-order valence-corrected chi connectivity index (χ0v) is 12.2. The second-order valence-electron chi connectivity index (χ2n) is 5.11. The fourth-order valence-corrected chi connectivity index (χ4v) is 1.98. The van der Waals surface area contributed by atoms with Gasteiger partial charge in [0.15, 0.2) is 0 Å². The van der Waals surface area contributed by atoms with Crippen molar-refractivity contribution in [3.8, 4) is 0 Å². The van der Waals surface area contributed by atoms with E-state index in [-0.39, 0.29) is 19.1 Å². The number of halogens is 1. The minimum Gasteiger partial charge on any atom is -0.389 e. The molecule has 1 atom stereocenters. The van der Waals surface area contributed by atoms with E-state index in [0.29, 0.717) is 28.9 Å². The summed E-state index contributed by atoms with van der Waals surface area (Å²) in [7, 11) is 0. The topological polar surface area (TPSA) is 71.5 Å². The number of ether oxygens (including phenoxy) is 1. The number of nitrogens with one attached hydrogen (secondary N) is 1. The van der Waals surface area contributed by atoms with Gasteiger partial charge in [0.25, 0.3) is 5.91 Å². The number of aromatic nitrogens is 1. The second-order valence-corrected chi connectivity index (χ2v) is 5.50. The van der Waals surface area contributed by atoms with Crippen LogP contribution in [0.25, 0.3) is 0 Å². The summed E-state index contributed by atoms with van der Waals surface area (Å²) >= 11 is 5.74. The van der Waals surface area contributed by atoms with Crippen LogP contribution < -0.4 is 5.32 Å². The maximum Gasteiger partial charge on any atom is 0.253 e. The fourth-order valence-electron chi connectivity index (χ4n) is 1.79. The van der Waals surface area contributed by atoms with Gasteiger partial charge in [-0.3, -0.25) is 4.79 Å². The van der Waals surface area contributed by atoms with Gasteiger partial charge in [-0.25, -0.2) is 4.98 Å². The van der Waals surface area contributed by atoms with Crippen LogP contribution in [0.3, 0.4) is 0 Å². The first-order chi connectivity index (χ1) is 9.56. The molecule has 6 heteroatoms. The minimum atomic E-state index is -0.696. The molecule has 1 heterocycles. The van der Waals surface area contributed by atoms with Crippen LogP contribution in [-0.2, 0) is 4.74 Å². The molecule has 110 valence electrons. The Balaban J connectivity index is 1.72. The lowest BCUT2D eigenvalue weighted by Gasteiger charge is -2.13. The van der Waals surface area contributed by atoms with Crippen LogP contribution in [0.15, 0.2) is 12.1 Å². The number of aliphatic hydroxyl groups is 1. The van der Waals surface area contributed by atoms with E-state index in [0.717, 1.165) is 0 Å². The summed E-state index contributed by atoms with van der Waals surface area (Å²) in [5, 5.41) is 12.7. The molecule has 2 rings (SSSR count). The number of aliphatic hydroxyl groups excluding tert-OH is 1. The van der Waals surface area contributed by atoms with Crippen molar-refractivity contribution in [2.45, 2.75) is 25.9 Å². The molecule has 1 aliphatic carbocycles. The van der Waals surface area contributed by atoms with Crippen LogP contribution in [-0.4, -0.2) is 41.9 Å². The Bertz CT molecular complexity index is 477. The molecule has 5 nitrogen and oxygen atoms in total. The predicted molar refractivity (Wildman–Crippen MR) is 75.9 cm³/mol. The Morgan fingerprint density at radius 3 is 3.00 bits per heavy atom. The summed E-state index contributed by atoms with van der Waals surface area (Å²) in [4.78, 5) is 15.9. The van der Waals surface area contributed by atoms with E-state index in [9.17, 15) is 9.90 Å². The highest BCUT2D eigenvalue weighted by atomic mass is 35.5. The maximum absolute atomic E-state index is 11.9. The van der Waals surface area contributed by atoms with Gasteiger partial charge in [0.05, 0.1) is 24.0 Å². The van der Waals surface area contributed by atoms with E-state index in [1.807, 2.05) is 0 Å². The highest BCUT2D eigenvalue weighted by Crippen LogP contribution is 2.28. The summed E-state index contributed by atoms with van der Waals surface area (Å²) in [5.41, 5.74) is 1.02. The lowest BCUT2D eigenvalue weighted by molar-refractivity contribution is 0.0320. The van der Waals surface area contributed by atoms with Crippen molar-refractivity contribution < 1.29 is 14.6 Å². The quantitative estimate of drug-likeness (QED) is 0.750. The molecule has 0 radical (unpaired) electrons. The van der Waals surface area contributed by atoms with E-state index in [1.165, 1.54) is 12.8 Å². The van der Waals surface area contributed by atoms with Crippen LogP contribution >= 0.6 is 11.6 Å². The van der Waals surface area contributed by atoms with E-state index in [1.54, 1.807) is 19.1 Å². The Morgan fingerprint density at radius 2 is 2.35 bits per heavy atom. The number of amides is 1. The van der Waals surface area contributed by atoms with Crippen molar-refractivity contribution in [3.05, 3.63) is 28.5 Å². The van der Waals surface area contributed by atoms with Gasteiger partial charge in [-0.15, -0.1) is 0 Å². The molecule has 1 amide bonds. The molecular weight excluding hydrogens is 280 g/mol. The Labute approximate surface area is 123 Å². The van der Waals surface area contributed by atoms with Gasteiger partial charge in [0, 0.05) is 13.2 Å². The summed E-state index contributed by atoms with van der Waals surface area (Å²) in [6.45, 7) is 2.82. The molecule has 1 aromatic rings. The first-order valence-electron chi connectivity index (χ1n) is 6.73. The van der Waals surface area contributed by atoms with Crippen molar-refractivity contribution in [3.63, 3.8) is 0 Å². The van der Waals surface area contributed by atoms with Gasteiger partial charge in [0.2, 0.25) is 0 Å². The van der Waals surface area contributed by atoms with Gasteiger partial charge in [-0.1, -0.05) is 11.6 Å². The van der Waals surface area contributed by atoms with Gasteiger partial charge in [0.1, 0.15) is 5.15 Å². The molecule has 0 saturated heterocycles. The average Bonchev–Trinajstić information content (AvgIpc) is 3.20. The number of pyridine rings is 1. The molecule has 1 aromatic heterocycles. The Hall–Kier alpha value is -1.17. The SMILES string of the molecule is Cc1nc(Cl)ccc1C(=O)NCC(O)COCC1CC1. The molecule has 0 spiro atoms. The van der Waals surface area contributed by atoms with Gasteiger partial charge in [-0.05, 0) is 37.8 Å². The molecular formula is C14H19ClN2O3. The minimum absolute atomic E-state index is 0.158. The molecule has 0 bridgehead atoms. The molecule has 1 fully saturated rings. The summed E-state index contributed by atoms with van der Waals surface area (Å²) in [6.07, 6.45) is 1.74. The fraction of sp³-hybridized carbons (Fsp3) is 0.571. The third kappa shape index (κ3) is 4.74. The van der Waals surface area contributed by atoms with Crippen LogP contribution in [0.4, 0.5) is 0 Å². The van der Waals surface area contributed by atoms with E-state index >= 15 is 0 Å². The van der Waals surface area contributed by atoms with Crippen LogP contribution in [0.2, 0.25) is 5.15 Å². The Kier molecular flexibility index (Phi) is 5.34. The molecule has 1 saturated carbocycles. The standard InChI is InChI=1S/C14H19ClN2O3/c1-9-12(4-5-13(15)17-9)14(19)16-6-11(18)8-20-7-10-2-3-10/h4-5,10-11,18H,2-3,6-8H2,1H3,(H,16,19). The smallest absolute Gasteiger partial charge is 0.253 e. The molecule has 1 unspecified atom stereocenters. The van der Waals surface area contributed by atoms with E-state index in [2.05, 4.69) is 10.3 Å². The maximum atomic E-state index is 11.9. The van der Waals surface area contributed by atoms with Gasteiger partial charge in [-0.2, -0.15) is 0 Å². The van der Waals surface area contributed by atoms with Crippen LogP contribution in [0, 0.1) is 12.8 Å². The number of hydrogen-bond donors (Lipinski definition) is 2. The number of aryl methyl sites for hydroxylation is 1. The molecule has 0 aromatic carbocycles. The molecule has 2 N–H and O–H groups in total. The summed E-state index contributed by atoms with van der Waals surface area (Å²) in [6, 6.07) is 3.19. The lowest BCUT2D eigenvalue weighted by atomic mass is 10.2. The van der Waals surface area contributed by atoms with Crippen molar-refractivity contribution >= 4 is 17.5 Å². The second kappa shape index (κ2) is 7.02. The normalized spacial score (nSPS) is 15.9. The van der Waals surface area contributed by atoms with E-state index < -0.39 is 6.10 Å². The molecule has 20 heavy (non-hydrogen) atoms. The van der Waals surface area contributed by atoms with Crippen LogP contribution in [0.5, 0.6) is 0 Å². The van der Waals surface area contributed by atoms with Gasteiger partial charge >= 0.3 is 0 Å². The van der Waals surface area contributed by atoms with Gasteiger partial charge < -0.3 is 15.2 Å². The largest absolute Gasteiger partial charge is 0.389 e. The third-order valence-electron chi connectivity index (χ3n) is 3.16. The van der Waals surface area contributed by atoms with Crippen LogP contribution in [0.1, 0.15) is 28.9 Å². The third-order valence-corrected chi connectivity index (χ3v) is 3.37. The molecule has 0 aliphatic heterocycles. The predicted octanol–water partition coefficient (Wildman–Crippen LogP) is 1.56. The summed E-state index contributed by atoms with van der Waals surface area (Å²) < 4.78 is 5.37. The average molecular weight is 299 g/mol. The van der Waals surface area contributed by atoms with Crippen molar-refractivity contribution in [1.29, 1.82) is 0 Å². The number of carbonyl (C=O) groups excluding carboxylic acids is 1. The number of carbonyl (C=O) groups is 1. The first-order valence-corrected chi connectivity index (χ1v) is 7.11. The van der Waals surface area contributed by atoms with E-state index in [4.69, 9.17) is 16.3 Å².